The molecule has 2 rings (SSSR count). The molecule has 2 heteroatoms. The topological polar surface area (TPSA) is 29.5 Å². The Balaban J connectivity index is 2.15. The number of aliphatic hydroxyl groups excluding tert-OH is 1. The molecule has 16 heavy (non-hydrogen) atoms. The molecular formula is C14H20O2. The van der Waals surface area contributed by atoms with Crippen molar-refractivity contribution < 1.29 is 9.84 Å². The van der Waals surface area contributed by atoms with Crippen molar-refractivity contribution in [2.45, 2.75) is 45.8 Å². The SMILES string of the molecule is CC(C)Oc1cccc(C(O)C2(C)CC2)c1. The Labute approximate surface area is 97.3 Å². The minimum absolute atomic E-state index is 0.0937. The first-order valence-corrected chi connectivity index (χ1v) is 5.96. The predicted octanol–water partition coefficient (Wildman–Crippen LogP) is 3.31. The van der Waals surface area contributed by atoms with Crippen molar-refractivity contribution in [2.24, 2.45) is 5.41 Å². The van der Waals surface area contributed by atoms with Gasteiger partial charge in [-0.2, -0.15) is 0 Å². The largest absolute Gasteiger partial charge is 0.491 e. The molecule has 2 nitrogen and oxygen atoms in total. The van der Waals surface area contributed by atoms with Crippen LogP contribution >= 0.6 is 0 Å². The normalized spacial score (nSPS) is 19.6. The lowest BCUT2D eigenvalue weighted by atomic mass is 9.95. The molecular weight excluding hydrogens is 200 g/mol. The smallest absolute Gasteiger partial charge is 0.120 e. The van der Waals surface area contributed by atoms with Crippen LogP contribution in [0.1, 0.15) is 45.3 Å². The van der Waals surface area contributed by atoms with Gasteiger partial charge in [0.25, 0.3) is 0 Å². The maximum absolute atomic E-state index is 10.2. The maximum Gasteiger partial charge on any atom is 0.120 e. The molecule has 0 saturated heterocycles. The second kappa shape index (κ2) is 4.10. The second-order valence-electron chi connectivity index (χ2n) is 5.30. The zero-order valence-corrected chi connectivity index (χ0v) is 10.2. The third-order valence-electron chi connectivity index (χ3n) is 3.24. The zero-order chi connectivity index (χ0) is 11.8. The second-order valence-corrected chi connectivity index (χ2v) is 5.30. The highest BCUT2D eigenvalue weighted by Crippen LogP contribution is 2.54. The van der Waals surface area contributed by atoms with Gasteiger partial charge in [-0.3, -0.25) is 0 Å². The third kappa shape index (κ3) is 2.38. The lowest BCUT2D eigenvalue weighted by Crippen LogP contribution is -2.10. The summed E-state index contributed by atoms with van der Waals surface area (Å²) in [5.74, 6) is 0.843. The molecule has 1 aromatic carbocycles. The summed E-state index contributed by atoms with van der Waals surface area (Å²) in [6.07, 6.45) is 2.04. The van der Waals surface area contributed by atoms with Gasteiger partial charge < -0.3 is 9.84 Å². The van der Waals surface area contributed by atoms with Crippen LogP contribution in [0.25, 0.3) is 0 Å². The minimum Gasteiger partial charge on any atom is -0.491 e. The summed E-state index contributed by atoms with van der Waals surface area (Å²) in [5, 5.41) is 10.2. The van der Waals surface area contributed by atoms with Crippen LogP contribution in [0.3, 0.4) is 0 Å². The van der Waals surface area contributed by atoms with Crippen LogP contribution in [-0.2, 0) is 0 Å². The molecule has 0 aromatic heterocycles. The molecule has 1 N–H and O–H groups in total. The number of benzene rings is 1. The zero-order valence-electron chi connectivity index (χ0n) is 10.2. The molecule has 0 spiro atoms. The van der Waals surface area contributed by atoms with Gasteiger partial charge in [0, 0.05) is 0 Å². The van der Waals surface area contributed by atoms with Crippen molar-refractivity contribution in [3.05, 3.63) is 29.8 Å². The quantitative estimate of drug-likeness (QED) is 0.843. The molecule has 1 aliphatic carbocycles. The van der Waals surface area contributed by atoms with E-state index in [0.717, 1.165) is 24.2 Å². The van der Waals surface area contributed by atoms with E-state index in [1.165, 1.54) is 0 Å². The molecule has 0 heterocycles. The summed E-state index contributed by atoms with van der Waals surface area (Å²) in [4.78, 5) is 0. The van der Waals surface area contributed by atoms with Crippen molar-refractivity contribution in [3.63, 3.8) is 0 Å². The van der Waals surface area contributed by atoms with E-state index in [1.807, 2.05) is 38.1 Å². The van der Waals surface area contributed by atoms with Gasteiger partial charge in [0.1, 0.15) is 5.75 Å². The van der Waals surface area contributed by atoms with E-state index >= 15 is 0 Å². The fourth-order valence-corrected chi connectivity index (χ4v) is 1.90. The van der Waals surface area contributed by atoms with E-state index in [4.69, 9.17) is 4.74 Å². The summed E-state index contributed by atoms with van der Waals surface area (Å²) in [6.45, 7) is 6.14. The van der Waals surface area contributed by atoms with E-state index in [1.54, 1.807) is 0 Å². The Morgan fingerprint density at radius 2 is 2.00 bits per heavy atom. The molecule has 1 unspecified atom stereocenters. The van der Waals surface area contributed by atoms with Crippen molar-refractivity contribution >= 4 is 0 Å². The Bertz CT molecular complexity index is 367. The van der Waals surface area contributed by atoms with E-state index in [2.05, 4.69) is 6.92 Å². The van der Waals surface area contributed by atoms with Crippen molar-refractivity contribution in [3.8, 4) is 5.75 Å². The average Bonchev–Trinajstić information content (AvgIpc) is 2.96. The standard InChI is InChI=1S/C14H20O2/c1-10(2)16-12-6-4-5-11(9-12)13(15)14(3)7-8-14/h4-6,9-10,13,15H,7-8H2,1-3H3. The van der Waals surface area contributed by atoms with E-state index < -0.39 is 0 Å². The molecule has 0 radical (unpaired) electrons. The van der Waals surface area contributed by atoms with E-state index in [0.29, 0.717) is 0 Å². The summed E-state index contributed by atoms with van der Waals surface area (Å²) in [6, 6.07) is 7.81. The molecule has 0 bridgehead atoms. The van der Waals surface area contributed by atoms with E-state index in [-0.39, 0.29) is 17.6 Å². The number of hydrogen-bond acceptors (Lipinski definition) is 2. The lowest BCUT2D eigenvalue weighted by molar-refractivity contribution is 0.103. The van der Waals surface area contributed by atoms with Crippen LogP contribution in [0.2, 0.25) is 0 Å². The molecule has 1 aliphatic rings. The third-order valence-corrected chi connectivity index (χ3v) is 3.24. The first-order chi connectivity index (χ1) is 7.51. The van der Waals surface area contributed by atoms with Gasteiger partial charge >= 0.3 is 0 Å². The van der Waals surface area contributed by atoms with Crippen molar-refractivity contribution in [2.75, 3.05) is 0 Å². The molecule has 1 saturated carbocycles. The number of hydrogen-bond donors (Lipinski definition) is 1. The predicted molar refractivity (Wildman–Crippen MR) is 64.5 cm³/mol. The Morgan fingerprint density at radius 1 is 1.31 bits per heavy atom. The minimum atomic E-state index is -0.358. The first kappa shape index (κ1) is 11.5. The Kier molecular flexibility index (Phi) is 2.94. The fraction of sp³-hybridized carbons (Fsp3) is 0.571. The summed E-state index contributed by atoms with van der Waals surface area (Å²) >= 11 is 0. The molecule has 1 fully saturated rings. The van der Waals surface area contributed by atoms with Crippen LogP contribution in [0.4, 0.5) is 0 Å². The van der Waals surface area contributed by atoms with Gasteiger partial charge in [-0.15, -0.1) is 0 Å². The van der Waals surface area contributed by atoms with Crippen molar-refractivity contribution in [1.29, 1.82) is 0 Å². The van der Waals surface area contributed by atoms with Crippen molar-refractivity contribution in [1.82, 2.24) is 0 Å². The lowest BCUT2D eigenvalue weighted by Gasteiger charge is -2.19. The summed E-state index contributed by atoms with van der Waals surface area (Å²) < 4.78 is 5.63. The molecule has 0 aliphatic heterocycles. The number of rotatable bonds is 4. The first-order valence-electron chi connectivity index (χ1n) is 5.96. The van der Waals surface area contributed by atoms with Crippen LogP contribution < -0.4 is 4.74 Å². The highest BCUT2D eigenvalue weighted by molar-refractivity contribution is 5.31. The van der Waals surface area contributed by atoms with E-state index in [9.17, 15) is 5.11 Å². The van der Waals surface area contributed by atoms with Crippen LogP contribution in [0, 0.1) is 5.41 Å². The molecule has 1 atom stereocenters. The van der Waals surface area contributed by atoms with Crippen LogP contribution in [-0.4, -0.2) is 11.2 Å². The molecule has 88 valence electrons. The van der Waals surface area contributed by atoms with Gasteiger partial charge in [0.2, 0.25) is 0 Å². The summed E-state index contributed by atoms with van der Waals surface area (Å²) in [5.41, 5.74) is 1.06. The van der Waals surface area contributed by atoms with Crippen LogP contribution in [0.5, 0.6) is 5.75 Å². The number of aliphatic hydroxyl groups is 1. The highest BCUT2D eigenvalue weighted by Gasteiger charge is 2.44. The van der Waals surface area contributed by atoms with Gasteiger partial charge in [-0.25, -0.2) is 0 Å². The van der Waals surface area contributed by atoms with Crippen LogP contribution in [0.15, 0.2) is 24.3 Å². The number of ether oxygens (including phenoxy) is 1. The van der Waals surface area contributed by atoms with Gasteiger partial charge in [0.05, 0.1) is 12.2 Å². The molecule has 1 aromatic rings. The van der Waals surface area contributed by atoms with Gasteiger partial charge in [0.15, 0.2) is 0 Å². The maximum atomic E-state index is 10.2. The summed E-state index contributed by atoms with van der Waals surface area (Å²) in [7, 11) is 0. The average molecular weight is 220 g/mol. The van der Waals surface area contributed by atoms with Gasteiger partial charge in [-0.05, 0) is 49.8 Å². The van der Waals surface area contributed by atoms with Gasteiger partial charge in [-0.1, -0.05) is 19.1 Å². The Hall–Kier alpha value is -1.02. The molecule has 0 amide bonds. The Morgan fingerprint density at radius 3 is 2.56 bits per heavy atom. The highest BCUT2D eigenvalue weighted by atomic mass is 16.5. The fourth-order valence-electron chi connectivity index (χ4n) is 1.90. The monoisotopic (exact) mass is 220 g/mol.